The maximum atomic E-state index is 11.8. The van der Waals surface area contributed by atoms with Crippen molar-refractivity contribution in [3.05, 3.63) is 66.0 Å². The number of fused-ring (bicyclic) bond motifs is 1. The van der Waals surface area contributed by atoms with Gasteiger partial charge in [-0.05, 0) is 36.8 Å². The molecule has 0 bridgehead atoms. The van der Waals surface area contributed by atoms with Crippen LogP contribution >= 0.6 is 11.6 Å². The summed E-state index contributed by atoms with van der Waals surface area (Å²) in [5.74, 6) is 0.971. The molecule has 0 N–H and O–H groups in total. The zero-order valence-electron chi connectivity index (χ0n) is 16.1. The number of aromatic nitrogens is 2. The van der Waals surface area contributed by atoms with Crippen molar-refractivity contribution in [2.45, 2.75) is 6.92 Å². The van der Waals surface area contributed by atoms with Crippen LogP contribution in [0.15, 0.2) is 55.4 Å². The third kappa shape index (κ3) is 3.76. The lowest BCUT2D eigenvalue weighted by atomic mass is 10.1. The molecule has 1 aromatic carbocycles. The normalized spacial score (nSPS) is 14.1. The number of ether oxygens (including phenoxy) is 1. The minimum absolute atomic E-state index is 0.0285. The Kier molecular flexibility index (Phi) is 5.36. The number of para-hydroxylation sites is 1. The van der Waals surface area contributed by atoms with Gasteiger partial charge in [-0.15, -0.1) is 0 Å². The summed E-state index contributed by atoms with van der Waals surface area (Å²) in [5, 5.41) is 1.48. The Hall–Kier alpha value is -3.12. The summed E-state index contributed by atoms with van der Waals surface area (Å²) in [7, 11) is 0. The molecular formula is C22H21ClN4O2. The molecular weight excluding hydrogens is 388 g/mol. The lowest BCUT2D eigenvalue weighted by Crippen LogP contribution is -2.48. The van der Waals surface area contributed by atoms with Crippen LogP contribution < -0.4 is 9.64 Å². The third-order valence-electron chi connectivity index (χ3n) is 5.07. The summed E-state index contributed by atoms with van der Waals surface area (Å²) in [6, 6.07) is 9.53. The van der Waals surface area contributed by atoms with E-state index in [1.54, 1.807) is 18.5 Å². The number of carbonyl (C=O) groups excluding carboxylic acids is 1. The van der Waals surface area contributed by atoms with Crippen molar-refractivity contribution >= 4 is 34.1 Å². The first-order valence-corrected chi connectivity index (χ1v) is 9.79. The maximum absolute atomic E-state index is 11.8. The largest absolute Gasteiger partial charge is 0.435 e. The Bertz CT molecular complexity index is 1060. The van der Waals surface area contributed by atoms with Crippen molar-refractivity contribution in [3.8, 4) is 11.6 Å². The van der Waals surface area contributed by atoms with E-state index in [0.29, 0.717) is 35.3 Å². The molecule has 0 radical (unpaired) electrons. The molecule has 1 aliphatic rings. The number of carbonyl (C=O) groups is 1. The first kappa shape index (κ1) is 19.2. The van der Waals surface area contributed by atoms with Gasteiger partial charge in [-0.3, -0.25) is 9.78 Å². The van der Waals surface area contributed by atoms with Crippen molar-refractivity contribution in [2.24, 2.45) is 0 Å². The van der Waals surface area contributed by atoms with Crippen molar-refractivity contribution in [1.29, 1.82) is 0 Å². The molecule has 29 heavy (non-hydrogen) atoms. The van der Waals surface area contributed by atoms with Crippen molar-refractivity contribution in [3.63, 3.8) is 0 Å². The molecule has 3 heterocycles. The number of hydrogen-bond donors (Lipinski definition) is 0. The highest BCUT2D eigenvalue weighted by Crippen LogP contribution is 2.36. The molecule has 3 aromatic rings. The average Bonchev–Trinajstić information content (AvgIpc) is 2.75. The molecule has 148 valence electrons. The fraction of sp³-hybridized carbons (Fsp3) is 0.227. The van der Waals surface area contributed by atoms with Crippen molar-refractivity contribution in [2.75, 3.05) is 31.1 Å². The molecule has 0 atom stereocenters. The number of anilines is 1. The predicted octanol–water partition coefficient (Wildman–Crippen LogP) is 4.22. The fourth-order valence-electron chi connectivity index (χ4n) is 3.53. The molecule has 0 saturated carbocycles. The lowest BCUT2D eigenvalue weighted by molar-refractivity contribution is -0.126. The van der Waals surface area contributed by atoms with Gasteiger partial charge in [0.2, 0.25) is 11.8 Å². The second kappa shape index (κ2) is 8.09. The second-order valence-electron chi connectivity index (χ2n) is 6.85. The summed E-state index contributed by atoms with van der Waals surface area (Å²) in [5.41, 5.74) is 2.65. The monoisotopic (exact) mass is 408 g/mol. The summed E-state index contributed by atoms with van der Waals surface area (Å²) < 4.78 is 6.07. The van der Waals surface area contributed by atoms with Crippen LogP contribution in [0.4, 0.5) is 5.69 Å². The Morgan fingerprint density at radius 2 is 1.90 bits per heavy atom. The molecule has 6 nitrogen and oxygen atoms in total. The van der Waals surface area contributed by atoms with Crippen LogP contribution in [-0.2, 0) is 4.79 Å². The van der Waals surface area contributed by atoms with E-state index in [-0.39, 0.29) is 5.91 Å². The number of halogens is 1. The second-order valence-corrected chi connectivity index (χ2v) is 7.25. The van der Waals surface area contributed by atoms with E-state index in [4.69, 9.17) is 16.3 Å². The van der Waals surface area contributed by atoms with Crippen LogP contribution in [0.5, 0.6) is 11.6 Å². The van der Waals surface area contributed by atoms with Crippen LogP contribution in [-0.4, -0.2) is 47.0 Å². The number of aryl methyl sites for hydroxylation is 1. The maximum Gasteiger partial charge on any atom is 0.246 e. The van der Waals surface area contributed by atoms with E-state index in [1.807, 2.05) is 36.1 Å². The summed E-state index contributed by atoms with van der Waals surface area (Å²) >= 11 is 6.31. The summed E-state index contributed by atoms with van der Waals surface area (Å²) in [6.45, 7) is 8.29. The SMILES string of the molecule is C=CC(=O)N1CCN(c2ccnc3c(Oc4c(C)cccc4Cl)nccc23)CC1. The molecule has 7 heteroatoms. The number of pyridine rings is 2. The number of rotatable bonds is 4. The van der Waals surface area contributed by atoms with Gasteiger partial charge in [0.25, 0.3) is 0 Å². The van der Waals surface area contributed by atoms with Gasteiger partial charge in [-0.2, -0.15) is 0 Å². The fourth-order valence-corrected chi connectivity index (χ4v) is 3.79. The molecule has 0 unspecified atom stereocenters. The zero-order valence-corrected chi connectivity index (χ0v) is 16.9. The minimum atomic E-state index is -0.0285. The van der Waals surface area contributed by atoms with Crippen LogP contribution in [0.2, 0.25) is 5.02 Å². The van der Waals surface area contributed by atoms with Gasteiger partial charge in [-0.25, -0.2) is 4.98 Å². The highest BCUT2D eigenvalue weighted by molar-refractivity contribution is 6.32. The van der Waals surface area contributed by atoms with Crippen LogP contribution in [0, 0.1) is 6.92 Å². The van der Waals surface area contributed by atoms with Gasteiger partial charge >= 0.3 is 0 Å². The first-order valence-electron chi connectivity index (χ1n) is 9.41. The standard InChI is InChI=1S/C22H21ClN4O2/c1-3-19(28)27-13-11-26(12-14-27)18-8-10-24-20-16(18)7-9-25-22(20)29-21-15(2)5-4-6-17(21)23/h3-10H,1,11-14H2,2H3. The molecule has 4 rings (SSSR count). The average molecular weight is 409 g/mol. The molecule has 0 spiro atoms. The van der Waals surface area contributed by atoms with E-state index in [9.17, 15) is 4.79 Å². The Morgan fingerprint density at radius 1 is 1.14 bits per heavy atom. The highest BCUT2D eigenvalue weighted by atomic mass is 35.5. The van der Waals surface area contributed by atoms with Crippen molar-refractivity contribution < 1.29 is 9.53 Å². The van der Waals surface area contributed by atoms with E-state index in [1.165, 1.54) is 6.08 Å². The molecule has 1 saturated heterocycles. The summed E-state index contributed by atoms with van der Waals surface area (Å²) in [4.78, 5) is 24.8. The van der Waals surface area contributed by atoms with Crippen LogP contribution in [0.25, 0.3) is 10.9 Å². The first-order chi connectivity index (χ1) is 14.1. The zero-order chi connectivity index (χ0) is 20.4. The minimum Gasteiger partial charge on any atom is -0.435 e. The topological polar surface area (TPSA) is 58.6 Å². The van der Waals surface area contributed by atoms with E-state index in [2.05, 4.69) is 21.4 Å². The number of hydrogen-bond acceptors (Lipinski definition) is 5. The Morgan fingerprint density at radius 3 is 2.62 bits per heavy atom. The Balaban J connectivity index is 1.66. The number of benzene rings is 1. The number of amides is 1. The number of piperazine rings is 1. The van der Waals surface area contributed by atoms with E-state index in [0.717, 1.165) is 29.7 Å². The molecule has 2 aromatic heterocycles. The van der Waals surface area contributed by atoms with Gasteiger partial charge in [0.1, 0.15) is 5.52 Å². The van der Waals surface area contributed by atoms with E-state index >= 15 is 0 Å². The van der Waals surface area contributed by atoms with Crippen LogP contribution in [0.1, 0.15) is 5.56 Å². The van der Waals surface area contributed by atoms with Crippen LogP contribution in [0.3, 0.4) is 0 Å². The predicted molar refractivity (Wildman–Crippen MR) is 115 cm³/mol. The molecule has 1 amide bonds. The molecule has 1 aliphatic heterocycles. The van der Waals surface area contributed by atoms with Gasteiger partial charge in [0.15, 0.2) is 5.75 Å². The van der Waals surface area contributed by atoms with Gasteiger partial charge < -0.3 is 14.5 Å². The third-order valence-corrected chi connectivity index (χ3v) is 5.37. The lowest BCUT2D eigenvalue weighted by Gasteiger charge is -2.36. The highest BCUT2D eigenvalue weighted by Gasteiger charge is 2.22. The van der Waals surface area contributed by atoms with Gasteiger partial charge in [-0.1, -0.05) is 30.3 Å². The quantitative estimate of drug-likeness (QED) is 0.605. The van der Waals surface area contributed by atoms with E-state index < -0.39 is 0 Å². The summed E-state index contributed by atoms with van der Waals surface area (Å²) in [6.07, 6.45) is 4.84. The number of nitrogens with zero attached hydrogens (tertiary/aromatic N) is 4. The van der Waals surface area contributed by atoms with Gasteiger partial charge in [0.05, 0.1) is 5.02 Å². The Labute approximate surface area is 174 Å². The van der Waals surface area contributed by atoms with Crippen molar-refractivity contribution in [1.82, 2.24) is 14.9 Å². The van der Waals surface area contributed by atoms with Gasteiger partial charge in [0, 0.05) is 49.6 Å². The smallest absolute Gasteiger partial charge is 0.246 e. The molecule has 0 aliphatic carbocycles. The molecule has 1 fully saturated rings.